The second kappa shape index (κ2) is 5.04. The highest BCUT2D eigenvalue weighted by molar-refractivity contribution is 5.68. The highest BCUT2D eigenvalue weighted by Crippen LogP contribution is 2.17. The smallest absolute Gasteiger partial charge is 0.410 e. The summed E-state index contributed by atoms with van der Waals surface area (Å²) < 4.78 is 5.35. The number of likely N-dealkylation sites (N-methyl/N-ethyl adjacent to an activating group) is 1. The third-order valence-corrected chi connectivity index (χ3v) is 2.94. The lowest BCUT2D eigenvalue weighted by Crippen LogP contribution is -2.38. The van der Waals surface area contributed by atoms with E-state index in [9.17, 15) is 4.79 Å². The SMILES string of the molecule is CCN(C)C1CCN(C(=O)OC(C)(C)C)C1. The van der Waals surface area contributed by atoms with Gasteiger partial charge in [0.05, 0.1) is 0 Å². The van der Waals surface area contributed by atoms with Crippen LogP contribution in [0, 0.1) is 0 Å². The molecule has 4 heteroatoms. The number of carbonyl (C=O) groups excluding carboxylic acids is 1. The van der Waals surface area contributed by atoms with Gasteiger partial charge >= 0.3 is 6.09 Å². The molecule has 0 radical (unpaired) electrons. The molecule has 0 aromatic heterocycles. The minimum atomic E-state index is -0.397. The molecule has 0 aromatic rings. The maximum atomic E-state index is 11.8. The van der Waals surface area contributed by atoms with Crippen molar-refractivity contribution in [3.05, 3.63) is 0 Å². The Morgan fingerprint density at radius 2 is 2.12 bits per heavy atom. The van der Waals surface area contributed by atoms with Gasteiger partial charge in [-0.25, -0.2) is 4.79 Å². The largest absolute Gasteiger partial charge is 0.444 e. The minimum Gasteiger partial charge on any atom is -0.444 e. The fourth-order valence-corrected chi connectivity index (χ4v) is 1.85. The molecule has 1 saturated heterocycles. The normalized spacial score (nSPS) is 21.6. The van der Waals surface area contributed by atoms with Gasteiger partial charge in [-0.1, -0.05) is 6.92 Å². The number of carbonyl (C=O) groups is 1. The molecule has 1 heterocycles. The molecule has 1 amide bonds. The highest BCUT2D eigenvalue weighted by Gasteiger charge is 2.30. The summed E-state index contributed by atoms with van der Waals surface area (Å²) in [7, 11) is 2.10. The molecular formula is C12H24N2O2. The third kappa shape index (κ3) is 3.67. The fourth-order valence-electron chi connectivity index (χ4n) is 1.85. The van der Waals surface area contributed by atoms with Crippen molar-refractivity contribution in [3.63, 3.8) is 0 Å². The summed E-state index contributed by atoms with van der Waals surface area (Å²) >= 11 is 0. The molecule has 1 rings (SSSR count). The van der Waals surface area contributed by atoms with Crippen LogP contribution in [-0.2, 0) is 4.74 Å². The Morgan fingerprint density at radius 3 is 2.62 bits per heavy atom. The van der Waals surface area contributed by atoms with Gasteiger partial charge in [-0.05, 0) is 40.8 Å². The Morgan fingerprint density at radius 1 is 1.50 bits per heavy atom. The summed E-state index contributed by atoms with van der Waals surface area (Å²) in [5.41, 5.74) is -0.397. The van der Waals surface area contributed by atoms with Gasteiger partial charge in [0, 0.05) is 19.1 Å². The zero-order valence-electron chi connectivity index (χ0n) is 11.1. The first-order valence-corrected chi connectivity index (χ1v) is 6.01. The third-order valence-electron chi connectivity index (χ3n) is 2.94. The number of nitrogens with zero attached hydrogens (tertiary/aromatic N) is 2. The fraction of sp³-hybridized carbons (Fsp3) is 0.917. The molecule has 0 aromatic carbocycles. The Kier molecular flexibility index (Phi) is 4.19. The summed E-state index contributed by atoms with van der Waals surface area (Å²) in [6.07, 6.45) is 0.864. The molecule has 0 saturated carbocycles. The van der Waals surface area contributed by atoms with E-state index in [1.165, 1.54) is 0 Å². The van der Waals surface area contributed by atoms with Gasteiger partial charge in [-0.2, -0.15) is 0 Å². The van der Waals surface area contributed by atoms with Crippen LogP contribution in [0.25, 0.3) is 0 Å². The molecule has 1 fully saturated rings. The van der Waals surface area contributed by atoms with E-state index in [0.717, 1.165) is 26.1 Å². The number of rotatable bonds is 2. The van der Waals surface area contributed by atoms with Gasteiger partial charge in [0.1, 0.15) is 5.60 Å². The van der Waals surface area contributed by atoms with Crippen LogP contribution in [0.2, 0.25) is 0 Å². The van der Waals surface area contributed by atoms with Crippen molar-refractivity contribution >= 4 is 6.09 Å². The van der Waals surface area contributed by atoms with Crippen molar-refractivity contribution in [1.29, 1.82) is 0 Å². The first-order chi connectivity index (χ1) is 7.33. The highest BCUT2D eigenvalue weighted by atomic mass is 16.6. The van der Waals surface area contributed by atoms with Gasteiger partial charge in [0.15, 0.2) is 0 Å². The molecule has 1 aliphatic rings. The van der Waals surface area contributed by atoms with Crippen LogP contribution >= 0.6 is 0 Å². The topological polar surface area (TPSA) is 32.8 Å². The van der Waals surface area contributed by atoms with Crippen molar-refractivity contribution in [2.24, 2.45) is 0 Å². The zero-order valence-corrected chi connectivity index (χ0v) is 11.1. The second-order valence-electron chi connectivity index (χ2n) is 5.44. The van der Waals surface area contributed by atoms with Gasteiger partial charge < -0.3 is 14.5 Å². The van der Waals surface area contributed by atoms with E-state index in [0.29, 0.717) is 6.04 Å². The maximum Gasteiger partial charge on any atom is 0.410 e. The van der Waals surface area contributed by atoms with Crippen LogP contribution in [0.4, 0.5) is 4.79 Å². The Bertz CT molecular complexity index is 248. The lowest BCUT2D eigenvalue weighted by molar-refractivity contribution is 0.0283. The first-order valence-electron chi connectivity index (χ1n) is 6.01. The maximum absolute atomic E-state index is 11.8. The number of amides is 1. The van der Waals surface area contributed by atoms with Gasteiger partial charge in [-0.3, -0.25) is 0 Å². The van der Waals surface area contributed by atoms with Crippen molar-refractivity contribution in [1.82, 2.24) is 9.80 Å². The van der Waals surface area contributed by atoms with E-state index in [4.69, 9.17) is 4.74 Å². The van der Waals surface area contributed by atoms with Crippen LogP contribution in [0.3, 0.4) is 0 Å². The summed E-state index contributed by atoms with van der Waals surface area (Å²) in [5, 5.41) is 0. The predicted octanol–water partition coefficient (Wildman–Crippen LogP) is 1.95. The number of ether oxygens (including phenoxy) is 1. The molecule has 1 atom stereocenters. The Balaban J connectivity index is 2.44. The summed E-state index contributed by atoms with van der Waals surface area (Å²) in [5.74, 6) is 0. The zero-order chi connectivity index (χ0) is 12.3. The summed E-state index contributed by atoms with van der Waals surface area (Å²) in [6, 6.07) is 0.484. The average molecular weight is 228 g/mol. The van der Waals surface area contributed by atoms with Crippen molar-refractivity contribution in [2.45, 2.75) is 45.8 Å². The summed E-state index contributed by atoms with van der Waals surface area (Å²) in [4.78, 5) is 15.9. The molecule has 0 spiro atoms. The van der Waals surface area contributed by atoms with E-state index in [2.05, 4.69) is 18.9 Å². The Labute approximate surface area is 98.5 Å². The molecule has 0 N–H and O–H groups in total. The molecule has 1 unspecified atom stereocenters. The molecule has 1 aliphatic heterocycles. The monoisotopic (exact) mass is 228 g/mol. The van der Waals surface area contributed by atoms with E-state index in [-0.39, 0.29) is 6.09 Å². The van der Waals surface area contributed by atoms with E-state index in [1.807, 2.05) is 25.7 Å². The minimum absolute atomic E-state index is 0.181. The van der Waals surface area contributed by atoms with Crippen LogP contribution < -0.4 is 0 Å². The summed E-state index contributed by atoms with van der Waals surface area (Å²) in [6.45, 7) is 10.5. The van der Waals surface area contributed by atoms with E-state index < -0.39 is 5.60 Å². The standard InChI is InChI=1S/C12H24N2O2/c1-6-13(5)10-7-8-14(9-10)11(15)16-12(2,3)4/h10H,6-9H2,1-5H3. The van der Waals surface area contributed by atoms with Crippen molar-refractivity contribution < 1.29 is 9.53 Å². The van der Waals surface area contributed by atoms with Gasteiger partial charge in [0.2, 0.25) is 0 Å². The lowest BCUT2D eigenvalue weighted by Gasteiger charge is -2.26. The Hall–Kier alpha value is -0.770. The lowest BCUT2D eigenvalue weighted by atomic mass is 10.2. The molecule has 4 nitrogen and oxygen atoms in total. The first kappa shape index (κ1) is 13.3. The number of hydrogen-bond acceptors (Lipinski definition) is 3. The van der Waals surface area contributed by atoms with Crippen molar-refractivity contribution in [2.75, 3.05) is 26.7 Å². The molecular weight excluding hydrogens is 204 g/mol. The molecule has 0 aliphatic carbocycles. The van der Waals surface area contributed by atoms with Crippen LogP contribution in [0.15, 0.2) is 0 Å². The molecule has 16 heavy (non-hydrogen) atoms. The second-order valence-corrected chi connectivity index (χ2v) is 5.44. The van der Waals surface area contributed by atoms with E-state index in [1.54, 1.807) is 0 Å². The van der Waals surface area contributed by atoms with Crippen molar-refractivity contribution in [3.8, 4) is 0 Å². The number of likely N-dealkylation sites (tertiary alicyclic amines) is 1. The van der Waals surface area contributed by atoms with Gasteiger partial charge in [0.25, 0.3) is 0 Å². The quantitative estimate of drug-likeness (QED) is 0.724. The van der Waals surface area contributed by atoms with Crippen LogP contribution in [0.1, 0.15) is 34.1 Å². The molecule has 94 valence electrons. The van der Waals surface area contributed by atoms with Gasteiger partial charge in [-0.15, -0.1) is 0 Å². The van der Waals surface area contributed by atoms with Crippen LogP contribution in [0.5, 0.6) is 0 Å². The van der Waals surface area contributed by atoms with Crippen LogP contribution in [-0.4, -0.2) is 54.2 Å². The van der Waals surface area contributed by atoms with E-state index >= 15 is 0 Å². The average Bonchev–Trinajstić information content (AvgIpc) is 2.62. The molecule has 0 bridgehead atoms. The number of hydrogen-bond donors (Lipinski definition) is 0. The predicted molar refractivity (Wildman–Crippen MR) is 64.5 cm³/mol.